The minimum Gasteiger partial charge on any atom is -0.355 e. The van der Waals surface area contributed by atoms with Gasteiger partial charge in [-0.3, -0.25) is 0 Å². The lowest BCUT2D eigenvalue weighted by atomic mass is 9.96. The zero-order valence-corrected chi connectivity index (χ0v) is 16.5. The maximum Gasteiger partial charge on any atom is 0.0470 e. The van der Waals surface area contributed by atoms with Crippen molar-refractivity contribution in [3.8, 4) is 0 Å². The average Bonchev–Trinajstić information content (AvgIpc) is 2.67. The highest BCUT2D eigenvalue weighted by Crippen LogP contribution is 2.31. The van der Waals surface area contributed by atoms with Gasteiger partial charge in [0.2, 0.25) is 0 Å². The van der Waals surface area contributed by atoms with Crippen molar-refractivity contribution in [2.45, 2.75) is 27.7 Å². The zero-order chi connectivity index (χ0) is 19.3. The standard InChI is InChI=1S/C26H25N/c1-15-14-16(2)26(18(4)17(15)3)27-24-13-9-12-23-19(5)21-10-7-8-11-22(21)20(6)25(23)24/h7-14,27H,5-6H2,1-4H3. The van der Waals surface area contributed by atoms with E-state index in [1.807, 2.05) is 0 Å². The molecule has 4 aromatic carbocycles. The Balaban J connectivity index is 2.04. The minimum atomic E-state index is 1.05. The molecule has 0 amide bonds. The number of rotatable bonds is 2. The highest BCUT2D eigenvalue weighted by molar-refractivity contribution is 6.05. The smallest absolute Gasteiger partial charge is 0.0470 e. The molecular weight excluding hydrogens is 326 g/mol. The molecule has 27 heavy (non-hydrogen) atoms. The molecule has 0 saturated heterocycles. The van der Waals surface area contributed by atoms with E-state index in [1.165, 1.54) is 33.3 Å². The highest BCUT2D eigenvalue weighted by Gasteiger charge is 2.12. The topological polar surface area (TPSA) is 12.0 Å². The van der Waals surface area contributed by atoms with Gasteiger partial charge in [0.1, 0.15) is 0 Å². The Morgan fingerprint density at radius 1 is 0.667 bits per heavy atom. The van der Waals surface area contributed by atoms with Gasteiger partial charge in [-0.2, -0.15) is 0 Å². The van der Waals surface area contributed by atoms with Gasteiger partial charge < -0.3 is 5.32 Å². The predicted molar refractivity (Wildman–Crippen MR) is 120 cm³/mol. The molecule has 0 aliphatic carbocycles. The molecule has 1 nitrogen and oxygen atoms in total. The van der Waals surface area contributed by atoms with Gasteiger partial charge >= 0.3 is 0 Å². The number of hydrogen-bond acceptors (Lipinski definition) is 1. The number of nitrogens with one attached hydrogen (secondary N) is 1. The quantitative estimate of drug-likeness (QED) is 0.451. The minimum absolute atomic E-state index is 1.05. The van der Waals surface area contributed by atoms with E-state index in [-0.39, 0.29) is 0 Å². The van der Waals surface area contributed by atoms with Crippen molar-refractivity contribution in [3.63, 3.8) is 0 Å². The summed E-state index contributed by atoms with van der Waals surface area (Å²) in [5.41, 5.74) is 7.49. The van der Waals surface area contributed by atoms with Crippen LogP contribution in [0, 0.1) is 27.7 Å². The molecule has 0 aliphatic heterocycles. The summed E-state index contributed by atoms with van der Waals surface area (Å²) in [4.78, 5) is 0. The highest BCUT2D eigenvalue weighted by atomic mass is 14.9. The molecule has 0 bridgehead atoms. The van der Waals surface area contributed by atoms with Crippen LogP contribution in [0.15, 0.2) is 48.5 Å². The van der Waals surface area contributed by atoms with Crippen molar-refractivity contribution < 1.29 is 0 Å². The molecular formula is C26H25N. The maximum atomic E-state index is 4.43. The molecule has 0 aliphatic rings. The van der Waals surface area contributed by atoms with Crippen LogP contribution < -0.4 is 15.8 Å². The van der Waals surface area contributed by atoms with E-state index >= 15 is 0 Å². The molecule has 4 rings (SSSR count). The van der Waals surface area contributed by atoms with E-state index in [0.717, 1.165) is 32.3 Å². The fourth-order valence-corrected chi connectivity index (χ4v) is 4.13. The summed E-state index contributed by atoms with van der Waals surface area (Å²) >= 11 is 0. The van der Waals surface area contributed by atoms with Gasteiger partial charge in [0.15, 0.2) is 0 Å². The van der Waals surface area contributed by atoms with Crippen LogP contribution in [-0.4, -0.2) is 0 Å². The van der Waals surface area contributed by atoms with E-state index in [1.54, 1.807) is 0 Å². The molecule has 0 radical (unpaired) electrons. The lowest BCUT2D eigenvalue weighted by molar-refractivity contribution is 1.23. The Kier molecular flexibility index (Phi) is 4.04. The number of benzene rings is 4. The Labute approximate surface area is 160 Å². The summed E-state index contributed by atoms with van der Waals surface area (Å²) in [6, 6.07) is 17.0. The molecule has 134 valence electrons. The monoisotopic (exact) mass is 351 g/mol. The molecule has 0 spiro atoms. The summed E-state index contributed by atoms with van der Waals surface area (Å²) in [5, 5.41) is 10.5. The lowest BCUT2D eigenvalue weighted by Crippen LogP contribution is -2.14. The van der Waals surface area contributed by atoms with Crippen molar-refractivity contribution >= 4 is 46.1 Å². The number of anilines is 2. The second-order valence-corrected chi connectivity index (χ2v) is 7.49. The molecule has 4 aromatic rings. The van der Waals surface area contributed by atoms with E-state index in [4.69, 9.17) is 0 Å². The summed E-state index contributed by atoms with van der Waals surface area (Å²) in [7, 11) is 0. The average molecular weight is 351 g/mol. The summed E-state index contributed by atoms with van der Waals surface area (Å²) in [5.74, 6) is 0. The Bertz CT molecular complexity index is 1310. The number of aryl methyl sites for hydroxylation is 2. The Morgan fingerprint density at radius 2 is 1.30 bits per heavy atom. The van der Waals surface area contributed by atoms with Gasteiger partial charge in [0.05, 0.1) is 0 Å². The second kappa shape index (κ2) is 6.28. The lowest BCUT2D eigenvalue weighted by Gasteiger charge is -2.19. The first-order valence-electron chi connectivity index (χ1n) is 9.36. The molecule has 1 heteroatoms. The first-order valence-corrected chi connectivity index (χ1v) is 9.36. The third kappa shape index (κ3) is 2.62. The van der Waals surface area contributed by atoms with Crippen molar-refractivity contribution in [1.29, 1.82) is 0 Å². The summed E-state index contributed by atoms with van der Waals surface area (Å²) in [6.07, 6.45) is 0. The predicted octanol–water partition coefficient (Wildman–Crippen LogP) is 5.79. The van der Waals surface area contributed by atoms with Gasteiger partial charge in [-0.05, 0) is 82.6 Å². The van der Waals surface area contributed by atoms with E-state index < -0.39 is 0 Å². The first-order chi connectivity index (χ1) is 12.9. The molecule has 0 aromatic heterocycles. The molecule has 0 fully saturated rings. The largest absolute Gasteiger partial charge is 0.355 e. The van der Waals surface area contributed by atoms with Crippen molar-refractivity contribution in [3.05, 3.63) is 81.2 Å². The normalized spacial score (nSPS) is 11.3. The third-order valence-electron chi connectivity index (χ3n) is 5.88. The van der Waals surface area contributed by atoms with E-state index in [9.17, 15) is 0 Å². The fourth-order valence-electron chi connectivity index (χ4n) is 4.13. The van der Waals surface area contributed by atoms with E-state index in [2.05, 4.69) is 94.7 Å². The molecule has 1 N–H and O–H groups in total. The first kappa shape index (κ1) is 17.4. The molecule has 0 atom stereocenters. The summed E-state index contributed by atoms with van der Waals surface area (Å²) < 4.78 is 0. The fraction of sp³-hybridized carbons (Fsp3) is 0.154. The molecule has 0 heterocycles. The number of hydrogen-bond donors (Lipinski definition) is 1. The summed E-state index contributed by atoms with van der Waals surface area (Å²) in [6.45, 7) is 17.5. The van der Waals surface area contributed by atoms with Crippen molar-refractivity contribution in [1.82, 2.24) is 0 Å². The van der Waals surface area contributed by atoms with Gasteiger partial charge in [-0.15, -0.1) is 0 Å². The van der Waals surface area contributed by atoms with Crippen LogP contribution in [0.25, 0.3) is 34.7 Å². The second-order valence-electron chi connectivity index (χ2n) is 7.49. The van der Waals surface area contributed by atoms with Crippen LogP contribution >= 0.6 is 0 Å². The Morgan fingerprint density at radius 3 is 2.00 bits per heavy atom. The molecule has 0 unspecified atom stereocenters. The van der Waals surface area contributed by atoms with Crippen molar-refractivity contribution in [2.75, 3.05) is 5.32 Å². The van der Waals surface area contributed by atoms with Crippen LogP contribution in [0.5, 0.6) is 0 Å². The van der Waals surface area contributed by atoms with Gasteiger partial charge in [0.25, 0.3) is 0 Å². The van der Waals surface area contributed by atoms with Crippen LogP contribution in [-0.2, 0) is 0 Å². The maximum absolute atomic E-state index is 4.43. The number of fused-ring (bicyclic) bond motifs is 2. The zero-order valence-electron chi connectivity index (χ0n) is 16.5. The van der Waals surface area contributed by atoms with Gasteiger partial charge in [0, 0.05) is 16.8 Å². The van der Waals surface area contributed by atoms with Gasteiger partial charge in [-0.25, -0.2) is 0 Å². The van der Waals surface area contributed by atoms with Crippen LogP contribution in [0.2, 0.25) is 0 Å². The Hall–Kier alpha value is -3.06. The van der Waals surface area contributed by atoms with E-state index in [0.29, 0.717) is 0 Å². The van der Waals surface area contributed by atoms with Crippen LogP contribution in [0.4, 0.5) is 11.4 Å². The SMILES string of the molecule is C=c1c2ccccc2c(=C)c2c(Nc3c(C)cc(C)c(C)c3C)cccc12. The van der Waals surface area contributed by atoms with Crippen LogP contribution in [0.1, 0.15) is 22.3 Å². The third-order valence-corrected chi connectivity index (χ3v) is 5.88. The molecule has 0 saturated carbocycles. The van der Waals surface area contributed by atoms with Crippen molar-refractivity contribution in [2.24, 2.45) is 0 Å². The van der Waals surface area contributed by atoms with Crippen LogP contribution in [0.3, 0.4) is 0 Å². The van der Waals surface area contributed by atoms with Gasteiger partial charge in [-0.1, -0.05) is 55.6 Å².